The second kappa shape index (κ2) is 6.89. The van der Waals surface area contributed by atoms with Gasteiger partial charge >= 0.3 is 0 Å². The van der Waals surface area contributed by atoms with Crippen LogP contribution in [0.15, 0.2) is 0 Å². The van der Waals surface area contributed by atoms with E-state index in [1.54, 1.807) is 18.9 Å². The average molecular weight is 269 g/mol. The van der Waals surface area contributed by atoms with Gasteiger partial charge in [-0.25, -0.2) is 0 Å². The van der Waals surface area contributed by atoms with E-state index in [0.717, 1.165) is 25.7 Å². The summed E-state index contributed by atoms with van der Waals surface area (Å²) in [4.78, 5) is 25.3. The molecular weight excluding hydrogens is 242 g/mol. The maximum Gasteiger partial charge on any atom is 0.237 e. The van der Waals surface area contributed by atoms with Gasteiger partial charge in [0.05, 0.1) is 12.1 Å². The van der Waals surface area contributed by atoms with Crippen LogP contribution in [-0.4, -0.2) is 41.9 Å². The first-order chi connectivity index (χ1) is 8.84. The highest BCUT2D eigenvalue weighted by molar-refractivity contribution is 5.82. The Kier molecular flexibility index (Phi) is 5.79. The summed E-state index contributed by atoms with van der Waals surface area (Å²) < 4.78 is 0. The molecule has 110 valence electrons. The zero-order chi connectivity index (χ0) is 14.6. The largest absolute Gasteiger partial charge is 0.350 e. The van der Waals surface area contributed by atoms with E-state index in [1.807, 2.05) is 13.8 Å². The first kappa shape index (κ1) is 16.0. The van der Waals surface area contributed by atoms with Crippen molar-refractivity contribution >= 4 is 11.8 Å². The van der Waals surface area contributed by atoms with Gasteiger partial charge in [-0.3, -0.25) is 9.59 Å². The Hall–Kier alpha value is -1.10. The van der Waals surface area contributed by atoms with E-state index >= 15 is 0 Å². The molecule has 0 bridgehead atoms. The molecule has 2 amide bonds. The molecule has 0 spiro atoms. The summed E-state index contributed by atoms with van der Waals surface area (Å²) in [5.74, 6) is 0.0516. The Morgan fingerprint density at radius 2 is 1.84 bits per heavy atom. The van der Waals surface area contributed by atoms with Gasteiger partial charge in [0.25, 0.3) is 0 Å². The molecule has 5 heteroatoms. The van der Waals surface area contributed by atoms with Gasteiger partial charge in [0.1, 0.15) is 0 Å². The molecule has 0 unspecified atom stereocenters. The van der Waals surface area contributed by atoms with Crippen LogP contribution in [0.1, 0.15) is 46.5 Å². The highest BCUT2D eigenvalue weighted by atomic mass is 16.2. The lowest BCUT2D eigenvalue weighted by Crippen LogP contribution is -2.56. The minimum absolute atomic E-state index is 0.0277. The third kappa shape index (κ3) is 4.20. The predicted octanol–water partition coefficient (Wildman–Crippen LogP) is 0.875. The van der Waals surface area contributed by atoms with Gasteiger partial charge in [-0.15, -0.1) is 0 Å². The lowest BCUT2D eigenvalue weighted by Gasteiger charge is -2.38. The number of nitrogens with two attached hydrogens (primary N) is 1. The first-order valence-corrected chi connectivity index (χ1v) is 7.14. The van der Waals surface area contributed by atoms with Gasteiger partial charge in [0, 0.05) is 20.0 Å². The molecule has 0 aromatic heterocycles. The summed E-state index contributed by atoms with van der Waals surface area (Å²) in [7, 11) is 1.81. The summed E-state index contributed by atoms with van der Waals surface area (Å²) in [6.07, 6.45) is 4.05. The Balaban J connectivity index is 2.67. The van der Waals surface area contributed by atoms with Crippen LogP contribution in [0.4, 0.5) is 0 Å². The molecule has 1 aliphatic rings. The number of hydrogen-bond acceptors (Lipinski definition) is 3. The van der Waals surface area contributed by atoms with Gasteiger partial charge in [-0.05, 0) is 18.8 Å². The molecule has 19 heavy (non-hydrogen) atoms. The summed E-state index contributed by atoms with van der Waals surface area (Å²) in [5.41, 5.74) is 5.87. The molecule has 0 saturated heterocycles. The summed E-state index contributed by atoms with van der Waals surface area (Å²) in [6, 6.07) is -0.361. The standard InChI is InChI=1S/C14H27N3O2/c1-9(2)13(15)14(19)16-11-7-5-6-8-12(11)17(4)10(3)18/h9,11-13H,5-8,15H2,1-4H3,(H,16,19)/t11-,12+,13+/m1/s1. The van der Waals surface area contributed by atoms with Gasteiger partial charge in [-0.1, -0.05) is 26.7 Å². The second-order valence-corrected chi connectivity index (χ2v) is 5.87. The average Bonchev–Trinajstić information content (AvgIpc) is 2.37. The van der Waals surface area contributed by atoms with E-state index in [1.165, 1.54) is 0 Å². The third-order valence-corrected chi connectivity index (χ3v) is 4.07. The first-order valence-electron chi connectivity index (χ1n) is 7.14. The number of carbonyl (C=O) groups excluding carboxylic acids is 2. The number of nitrogens with zero attached hydrogens (tertiary/aromatic N) is 1. The fourth-order valence-electron chi connectivity index (χ4n) is 2.56. The van der Waals surface area contributed by atoms with Gasteiger partial charge in [-0.2, -0.15) is 0 Å². The van der Waals surface area contributed by atoms with Crippen molar-refractivity contribution in [2.24, 2.45) is 11.7 Å². The molecule has 0 radical (unpaired) electrons. The van der Waals surface area contributed by atoms with Crippen molar-refractivity contribution in [1.29, 1.82) is 0 Å². The maximum absolute atomic E-state index is 12.1. The summed E-state index contributed by atoms with van der Waals surface area (Å²) >= 11 is 0. The molecule has 0 heterocycles. The van der Waals surface area contributed by atoms with E-state index < -0.39 is 6.04 Å². The predicted molar refractivity (Wildman–Crippen MR) is 75.4 cm³/mol. The lowest BCUT2D eigenvalue weighted by molar-refractivity contribution is -0.132. The number of hydrogen-bond donors (Lipinski definition) is 2. The van der Waals surface area contributed by atoms with Gasteiger partial charge in [0.15, 0.2) is 0 Å². The molecule has 1 rings (SSSR count). The molecule has 5 nitrogen and oxygen atoms in total. The van der Waals surface area contributed by atoms with Gasteiger partial charge < -0.3 is 16.0 Å². The molecule has 1 aliphatic carbocycles. The van der Waals surface area contributed by atoms with Crippen LogP contribution >= 0.6 is 0 Å². The van der Waals surface area contributed by atoms with Crippen LogP contribution in [0.5, 0.6) is 0 Å². The van der Waals surface area contributed by atoms with Crippen molar-refractivity contribution in [3.8, 4) is 0 Å². The van der Waals surface area contributed by atoms with Gasteiger partial charge in [0.2, 0.25) is 11.8 Å². The Morgan fingerprint density at radius 3 is 2.37 bits per heavy atom. The number of nitrogens with one attached hydrogen (secondary N) is 1. The van der Waals surface area contributed by atoms with Crippen molar-refractivity contribution in [3.63, 3.8) is 0 Å². The zero-order valence-corrected chi connectivity index (χ0v) is 12.5. The Bertz CT molecular complexity index is 331. The molecule has 0 aromatic rings. The SMILES string of the molecule is CC(=O)N(C)[C@H]1CCCC[C@H]1NC(=O)[C@@H](N)C(C)C. The van der Waals surface area contributed by atoms with Crippen LogP contribution in [0, 0.1) is 5.92 Å². The summed E-state index contributed by atoms with van der Waals surface area (Å²) in [6.45, 7) is 5.43. The van der Waals surface area contributed by atoms with Crippen LogP contribution in [0.3, 0.4) is 0 Å². The number of likely N-dealkylation sites (N-methyl/N-ethyl adjacent to an activating group) is 1. The zero-order valence-electron chi connectivity index (χ0n) is 12.5. The monoisotopic (exact) mass is 269 g/mol. The van der Waals surface area contributed by atoms with Crippen LogP contribution in [0.2, 0.25) is 0 Å². The molecule has 3 N–H and O–H groups in total. The summed E-state index contributed by atoms with van der Waals surface area (Å²) in [5, 5.41) is 3.03. The molecule has 1 saturated carbocycles. The highest BCUT2D eigenvalue weighted by Gasteiger charge is 2.32. The number of amides is 2. The van der Waals surface area contributed by atoms with Crippen molar-refractivity contribution in [3.05, 3.63) is 0 Å². The smallest absolute Gasteiger partial charge is 0.237 e. The molecule has 1 fully saturated rings. The lowest BCUT2D eigenvalue weighted by atomic mass is 9.88. The number of carbonyl (C=O) groups is 2. The van der Waals surface area contributed by atoms with E-state index in [-0.39, 0.29) is 29.8 Å². The van der Waals surface area contributed by atoms with E-state index in [9.17, 15) is 9.59 Å². The van der Waals surface area contributed by atoms with Crippen LogP contribution in [0.25, 0.3) is 0 Å². The molecular formula is C14H27N3O2. The maximum atomic E-state index is 12.1. The van der Waals surface area contributed by atoms with Crippen LogP contribution in [-0.2, 0) is 9.59 Å². The van der Waals surface area contributed by atoms with Crippen molar-refractivity contribution in [2.75, 3.05) is 7.05 Å². The normalized spacial score (nSPS) is 24.9. The third-order valence-electron chi connectivity index (χ3n) is 4.07. The Labute approximate surface area is 115 Å². The minimum atomic E-state index is -0.481. The van der Waals surface area contributed by atoms with Crippen LogP contribution < -0.4 is 11.1 Å². The quantitative estimate of drug-likeness (QED) is 0.795. The van der Waals surface area contributed by atoms with E-state index in [2.05, 4.69) is 5.32 Å². The van der Waals surface area contributed by atoms with Crippen molar-refractivity contribution < 1.29 is 9.59 Å². The fourth-order valence-corrected chi connectivity index (χ4v) is 2.56. The van der Waals surface area contributed by atoms with E-state index in [0.29, 0.717) is 0 Å². The van der Waals surface area contributed by atoms with Crippen molar-refractivity contribution in [2.45, 2.75) is 64.6 Å². The highest BCUT2D eigenvalue weighted by Crippen LogP contribution is 2.23. The second-order valence-electron chi connectivity index (χ2n) is 5.87. The molecule has 0 aliphatic heterocycles. The fraction of sp³-hybridized carbons (Fsp3) is 0.857. The molecule has 3 atom stereocenters. The number of rotatable bonds is 4. The minimum Gasteiger partial charge on any atom is -0.350 e. The van der Waals surface area contributed by atoms with E-state index in [4.69, 9.17) is 5.73 Å². The topological polar surface area (TPSA) is 75.4 Å². The van der Waals surface area contributed by atoms with Crippen molar-refractivity contribution in [1.82, 2.24) is 10.2 Å². The molecule has 0 aromatic carbocycles. The Morgan fingerprint density at radius 1 is 1.26 bits per heavy atom.